The van der Waals surface area contributed by atoms with Crippen LogP contribution in [0.4, 0.5) is 0 Å². The van der Waals surface area contributed by atoms with Crippen molar-refractivity contribution in [3.05, 3.63) is 134 Å². The van der Waals surface area contributed by atoms with Gasteiger partial charge < -0.3 is 29.9 Å². The number of hydrogen-bond acceptors (Lipinski definition) is 8. The van der Waals surface area contributed by atoms with Crippen molar-refractivity contribution in [2.45, 2.75) is 0 Å². The second-order valence-electron chi connectivity index (χ2n) is 10.8. The van der Waals surface area contributed by atoms with E-state index in [4.69, 9.17) is 49.8 Å². The largest absolute Gasteiger partial charge is 2.00 e. The van der Waals surface area contributed by atoms with Gasteiger partial charge in [0.2, 0.25) is 0 Å². The molecule has 0 unspecified atom stereocenters. The van der Waals surface area contributed by atoms with Gasteiger partial charge >= 0.3 is 21.1 Å². The van der Waals surface area contributed by atoms with Crippen LogP contribution in [0.1, 0.15) is 0 Å². The van der Waals surface area contributed by atoms with Crippen molar-refractivity contribution in [1.82, 2.24) is 59.0 Å². The van der Waals surface area contributed by atoms with Crippen molar-refractivity contribution in [2.24, 2.45) is 0 Å². The molecule has 4 aromatic carbocycles. The Kier molecular flexibility index (Phi) is 7.75. The van der Waals surface area contributed by atoms with E-state index < -0.39 is 0 Å². The molecule has 9 aromatic rings. The molecule has 0 atom stereocenters. The molecule has 12 nitrogen and oxygen atoms in total. The second-order valence-corrected chi connectivity index (χ2v) is 10.8. The maximum Gasteiger partial charge on any atom is 2.00 e. The molecule has 0 radical (unpaired) electrons. The minimum absolute atomic E-state index is 0. The normalized spacial score (nSPS) is 11.1. The summed E-state index contributed by atoms with van der Waals surface area (Å²) < 4.78 is 3.67. The molecule has 8 bridgehead atoms. The van der Waals surface area contributed by atoms with Crippen LogP contribution in [-0.4, -0.2) is 49.0 Å². The summed E-state index contributed by atoms with van der Waals surface area (Å²) in [5.41, 5.74) is 5.95. The Balaban J connectivity index is 0.00000348. The molecule has 0 aliphatic rings. The molecule has 13 heteroatoms. The maximum atomic E-state index is 4.87. The molecular weight excluding hydrogens is 796 g/mol. The van der Waals surface area contributed by atoms with Crippen molar-refractivity contribution in [3.63, 3.8) is 0 Å². The molecule has 0 N–H and O–H groups in total. The quantitative estimate of drug-likeness (QED) is 0.209. The Bertz CT molecular complexity index is 2290. The van der Waals surface area contributed by atoms with E-state index in [1.807, 2.05) is 130 Å². The summed E-state index contributed by atoms with van der Waals surface area (Å²) in [4.78, 5) is 48.1. The van der Waals surface area contributed by atoms with Crippen molar-refractivity contribution in [2.75, 3.05) is 0 Å². The van der Waals surface area contributed by atoms with Crippen molar-refractivity contribution < 1.29 is 21.1 Å². The van der Waals surface area contributed by atoms with E-state index in [9.17, 15) is 0 Å². The van der Waals surface area contributed by atoms with E-state index in [0.29, 0.717) is 45.5 Å². The van der Waals surface area contributed by atoms with Crippen LogP contribution < -0.4 is 9.97 Å². The first kappa shape index (κ1) is 30.0. The third-order valence-electron chi connectivity index (χ3n) is 7.61. The van der Waals surface area contributed by atoms with Gasteiger partial charge in [-0.3, -0.25) is 19.1 Å². The van der Waals surface area contributed by atoms with Gasteiger partial charge in [-0.05, 0) is 35.4 Å². The Hall–Kier alpha value is -6.39. The molecule has 0 saturated carbocycles. The molecule has 9 rings (SSSR count). The zero-order valence-electron chi connectivity index (χ0n) is 25.4. The van der Waals surface area contributed by atoms with Crippen molar-refractivity contribution in [1.29, 1.82) is 0 Å². The standard InChI is InChI=1S/C36H22N12.Pt/c1-5-13-23(14-6-1)29-31-37-27-21-47(25-17-9-3-10-18-25)36(39-27)46-34-42-30(24-15-7-2-8-16-24)32(44-34)38-28-22-48(26-19-11-4-12-20-26)35(40-28)45-33(41-29)43-31;/h1-22H;/q-2;+2. The summed E-state index contributed by atoms with van der Waals surface area (Å²) in [7, 11) is 0. The molecule has 236 valence electrons. The zero-order valence-corrected chi connectivity index (χ0v) is 27.7. The average molecular weight is 818 g/mol. The van der Waals surface area contributed by atoms with Crippen LogP contribution in [0.3, 0.4) is 0 Å². The van der Waals surface area contributed by atoms with Crippen LogP contribution in [0, 0.1) is 0 Å². The predicted molar refractivity (Wildman–Crippen MR) is 181 cm³/mol. The number of nitrogens with zero attached hydrogens (tertiary/aromatic N) is 12. The second kappa shape index (κ2) is 12.7. The maximum absolute atomic E-state index is 4.87. The predicted octanol–water partition coefficient (Wildman–Crippen LogP) is 5.97. The van der Waals surface area contributed by atoms with E-state index in [2.05, 4.69) is 0 Å². The summed E-state index contributed by atoms with van der Waals surface area (Å²) in [5, 5.41) is 0. The minimum Gasteiger partial charge on any atom is -0.319 e. The summed E-state index contributed by atoms with van der Waals surface area (Å²) >= 11 is 0. The Morgan fingerprint density at radius 3 is 1.14 bits per heavy atom. The van der Waals surface area contributed by atoms with Gasteiger partial charge in [-0.1, -0.05) is 97.1 Å². The van der Waals surface area contributed by atoms with E-state index in [1.54, 1.807) is 12.4 Å². The minimum atomic E-state index is 0. The van der Waals surface area contributed by atoms with E-state index in [0.717, 1.165) is 22.5 Å². The number of rotatable bonds is 4. The van der Waals surface area contributed by atoms with Gasteiger partial charge in [-0.15, -0.1) is 0 Å². The number of hydrogen-bond donors (Lipinski definition) is 0. The number of benzene rings is 4. The van der Waals surface area contributed by atoms with Crippen molar-refractivity contribution in [3.8, 4) is 33.9 Å². The van der Waals surface area contributed by atoms with Gasteiger partial charge in [-0.2, -0.15) is 0 Å². The molecule has 0 amide bonds. The first-order chi connectivity index (χ1) is 23.7. The molecular formula is C36H22N12Pt. The van der Waals surface area contributed by atoms with Gasteiger partial charge in [0, 0.05) is 35.2 Å². The van der Waals surface area contributed by atoms with Crippen LogP contribution in [-0.2, 0) is 21.1 Å². The third-order valence-corrected chi connectivity index (χ3v) is 7.61. The fourth-order valence-corrected chi connectivity index (χ4v) is 5.42. The van der Waals surface area contributed by atoms with Gasteiger partial charge in [0.15, 0.2) is 11.6 Å². The summed E-state index contributed by atoms with van der Waals surface area (Å²) in [6.45, 7) is 0. The smallest absolute Gasteiger partial charge is 0.319 e. The van der Waals surface area contributed by atoms with Crippen LogP contribution in [0.2, 0.25) is 0 Å². The fraction of sp³-hybridized carbons (Fsp3) is 0. The fourth-order valence-electron chi connectivity index (χ4n) is 5.42. The van der Waals surface area contributed by atoms with Crippen LogP contribution in [0.5, 0.6) is 0 Å². The number of imidazole rings is 4. The van der Waals surface area contributed by atoms with Gasteiger partial charge in [0.05, 0.1) is 22.8 Å². The number of aromatic nitrogens is 12. The third kappa shape index (κ3) is 5.85. The van der Waals surface area contributed by atoms with E-state index >= 15 is 0 Å². The molecule has 5 heterocycles. The van der Waals surface area contributed by atoms with Crippen LogP contribution >= 0.6 is 0 Å². The zero-order chi connectivity index (χ0) is 31.9. The van der Waals surface area contributed by atoms with Crippen LogP contribution in [0.15, 0.2) is 134 Å². The first-order valence-electron chi connectivity index (χ1n) is 15.1. The number of fused-ring (bicyclic) bond motifs is 8. The van der Waals surface area contributed by atoms with Crippen molar-refractivity contribution >= 4 is 45.7 Å². The molecule has 0 aliphatic carbocycles. The van der Waals surface area contributed by atoms with E-state index in [-0.39, 0.29) is 32.6 Å². The molecule has 0 spiro atoms. The van der Waals surface area contributed by atoms with Crippen LogP contribution in [0.25, 0.3) is 79.6 Å². The monoisotopic (exact) mass is 817 g/mol. The Labute approximate surface area is 292 Å². The topological polar surface area (TPSA) is 141 Å². The van der Waals surface area contributed by atoms with Gasteiger partial charge in [0.25, 0.3) is 0 Å². The molecule has 5 aromatic heterocycles. The first-order valence-corrected chi connectivity index (χ1v) is 15.1. The summed E-state index contributed by atoms with van der Waals surface area (Å²) in [6.07, 6.45) is 3.60. The van der Waals surface area contributed by atoms with E-state index in [1.165, 1.54) is 0 Å². The molecule has 49 heavy (non-hydrogen) atoms. The van der Waals surface area contributed by atoms with Gasteiger partial charge in [-0.25, -0.2) is 9.97 Å². The summed E-state index contributed by atoms with van der Waals surface area (Å²) in [5.74, 6) is 1.07. The average Bonchev–Trinajstić information content (AvgIpc) is 3.92. The molecule has 0 aliphatic heterocycles. The Morgan fingerprint density at radius 1 is 0.388 bits per heavy atom. The molecule has 0 saturated heterocycles. The Morgan fingerprint density at radius 2 is 0.755 bits per heavy atom. The number of para-hydroxylation sites is 2. The van der Waals surface area contributed by atoms with Gasteiger partial charge in [0.1, 0.15) is 11.3 Å². The SMILES string of the molecule is [Pt+2].c1ccc(-c2nc3nc4nc(cn4-c4ccccc4)nc4[n-]c(nc4-c4ccccc4)nc4nc(cn4-c4ccccc4)nc2[n-]3)cc1. The summed E-state index contributed by atoms with van der Waals surface area (Å²) in [6, 6.07) is 39.0. The molecule has 0 fully saturated rings.